The van der Waals surface area contributed by atoms with E-state index in [1.54, 1.807) is 23.3 Å². The lowest BCUT2D eigenvalue weighted by Gasteiger charge is -2.41. The maximum Gasteiger partial charge on any atom is 0.280 e. The van der Waals surface area contributed by atoms with Crippen LogP contribution in [0.3, 0.4) is 0 Å². The summed E-state index contributed by atoms with van der Waals surface area (Å²) in [5.74, 6) is 0.0227. The Hall–Kier alpha value is -1.78. The van der Waals surface area contributed by atoms with Crippen molar-refractivity contribution in [3.63, 3.8) is 0 Å². The monoisotopic (exact) mass is 441 g/mol. The highest BCUT2D eigenvalue weighted by atomic mass is 31.2. The van der Waals surface area contributed by atoms with E-state index in [0.29, 0.717) is 18.7 Å². The van der Waals surface area contributed by atoms with Gasteiger partial charge < -0.3 is 15.0 Å². The molecule has 0 aliphatic carbocycles. The fourth-order valence-electron chi connectivity index (χ4n) is 3.58. The molecule has 12 heteroatoms. The average Bonchev–Trinajstić information content (AvgIpc) is 3.09. The van der Waals surface area contributed by atoms with Crippen molar-refractivity contribution in [1.82, 2.24) is 29.1 Å². The molecule has 0 radical (unpaired) electrons. The highest BCUT2D eigenvalue weighted by Gasteiger charge is 2.36. The molecule has 1 aliphatic rings. The number of aromatic nitrogens is 4. The molecule has 3 rings (SSSR count). The van der Waals surface area contributed by atoms with Crippen molar-refractivity contribution in [1.29, 1.82) is 0 Å². The summed E-state index contributed by atoms with van der Waals surface area (Å²) < 4.78 is 28.8. The number of anilines is 1. The van der Waals surface area contributed by atoms with E-state index in [4.69, 9.17) is 15.0 Å². The predicted molar refractivity (Wildman–Crippen MR) is 116 cm³/mol. The van der Waals surface area contributed by atoms with Crippen LogP contribution in [0.15, 0.2) is 11.1 Å². The molecule has 1 saturated heterocycles. The molecule has 0 saturated carbocycles. The van der Waals surface area contributed by atoms with Gasteiger partial charge in [-0.1, -0.05) is 13.8 Å². The number of hydrogen-bond donors (Lipinski definition) is 2. The molecule has 0 amide bonds. The van der Waals surface area contributed by atoms with Gasteiger partial charge in [-0.25, -0.2) is 9.65 Å². The first-order valence-electron chi connectivity index (χ1n) is 10.1. The molecule has 2 aromatic rings. The van der Waals surface area contributed by atoms with Gasteiger partial charge in [0.25, 0.3) is 13.1 Å². The van der Waals surface area contributed by atoms with E-state index in [2.05, 4.69) is 33.7 Å². The maximum absolute atomic E-state index is 13.2. The maximum atomic E-state index is 13.2. The molecule has 0 aromatic carbocycles. The van der Waals surface area contributed by atoms with Crippen molar-refractivity contribution in [2.24, 2.45) is 0 Å². The van der Waals surface area contributed by atoms with E-state index in [1.807, 2.05) is 13.8 Å². The summed E-state index contributed by atoms with van der Waals surface area (Å²) in [6.45, 7) is 9.40. The zero-order chi connectivity index (χ0) is 22.2. The van der Waals surface area contributed by atoms with Gasteiger partial charge in [-0.2, -0.15) is 4.98 Å². The van der Waals surface area contributed by atoms with E-state index in [9.17, 15) is 9.36 Å². The lowest BCUT2D eigenvalue weighted by atomic mass is 10.2. The van der Waals surface area contributed by atoms with Crippen molar-refractivity contribution in [3.8, 4) is 0 Å². The Morgan fingerprint density at radius 1 is 1.37 bits per heavy atom. The van der Waals surface area contributed by atoms with Crippen LogP contribution < -0.4 is 11.3 Å². The third kappa shape index (κ3) is 4.45. The molecule has 11 nitrogen and oxygen atoms in total. The number of nitrogens with one attached hydrogen (secondary N) is 1. The minimum atomic E-state index is -2.96. The summed E-state index contributed by atoms with van der Waals surface area (Å²) in [5.41, 5.74) is 5.77. The van der Waals surface area contributed by atoms with Crippen molar-refractivity contribution in [3.05, 3.63) is 16.7 Å². The van der Waals surface area contributed by atoms with Gasteiger partial charge in [-0.3, -0.25) is 23.8 Å². The molecule has 168 valence electrons. The van der Waals surface area contributed by atoms with Crippen molar-refractivity contribution < 1.29 is 13.8 Å². The number of morpholine rings is 1. The van der Waals surface area contributed by atoms with Crippen LogP contribution in [0.2, 0.25) is 0 Å². The molecule has 1 aliphatic heterocycles. The van der Waals surface area contributed by atoms with Crippen LogP contribution in [-0.2, 0) is 13.8 Å². The first-order valence-corrected chi connectivity index (χ1v) is 11.7. The second kappa shape index (κ2) is 8.76. The van der Waals surface area contributed by atoms with Gasteiger partial charge >= 0.3 is 0 Å². The Kier molecular flexibility index (Phi) is 6.69. The topological polar surface area (TPSA) is 132 Å². The summed E-state index contributed by atoms with van der Waals surface area (Å²) in [4.78, 5) is 25.2. The molecule has 1 fully saturated rings. The molecular formula is C18H32N7O4P. The Morgan fingerprint density at radius 3 is 2.67 bits per heavy atom. The number of fused-ring (bicyclic) bond motifs is 1. The first kappa shape index (κ1) is 22.9. The number of nitrogens with two attached hydrogens (primary N) is 1. The van der Waals surface area contributed by atoms with Crippen molar-refractivity contribution >= 4 is 24.6 Å². The van der Waals surface area contributed by atoms with E-state index in [-0.39, 0.29) is 35.9 Å². The normalized spacial score (nSPS) is 23.0. The van der Waals surface area contributed by atoms with Crippen LogP contribution in [0.25, 0.3) is 11.2 Å². The smallest absolute Gasteiger partial charge is 0.280 e. The zero-order valence-electron chi connectivity index (χ0n) is 18.4. The van der Waals surface area contributed by atoms with Crippen LogP contribution in [-0.4, -0.2) is 80.7 Å². The average molecular weight is 441 g/mol. The SMILES string of the molecule is CC(C)N1C[C@@H](COP(=O)(C(C)C)N(C)C)O[C@@H](n2cnc3c(=O)[nH]c(N)nc32)C1. The molecule has 1 unspecified atom stereocenters. The second-order valence-electron chi connectivity index (χ2n) is 8.34. The Balaban J connectivity index is 1.86. The number of H-pyrrole nitrogens is 1. The van der Waals surface area contributed by atoms with Gasteiger partial charge in [0, 0.05) is 24.8 Å². The quantitative estimate of drug-likeness (QED) is 0.613. The van der Waals surface area contributed by atoms with Gasteiger partial charge in [0.1, 0.15) is 6.23 Å². The first-order chi connectivity index (χ1) is 14.0. The molecule has 2 aromatic heterocycles. The third-order valence-corrected chi connectivity index (χ3v) is 8.26. The summed E-state index contributed by atoms with van der Waals surface area (Å²) in [7, 11) is 0.558. The van der Waals surface area contributed by atoms with Gasteiger partial charge in [-0.15, -0.1) is 0 Å². The van der Waals surface area contributed by atoms with E-state index in [1.165, 1.54) is 6.33 Å². The Labute approximate surface area is 176 Å². The summed E-state index contributed by atoms with van der Waals surface area (Å²) in [5, 5.41) is 0. The largest absolute Gasteiger partial charge is 0.369 e. The number of aromatic amines is 1. The fourth-order valence-corrected chi connectivity index (χ4v) is 5.41. The number of hydrogen-bond acceptors (Lipinski definition) is 8. The zero-order valence-corrected chi connectivity index (χ0v) is 19.3. The molecule has 3 N–H and O–H groups in total. The van der Waals surface area contributed by atoms with Crippen LogP contribution in [0.4, 0.5) is 5.95 Å². The van der Waals surface area contributed by atoms with Gasteiger partial charge in [-0.05, 0) is 27.9 Å². The molecular weight excluding hydrogens is 409 g/mol. The minimum Gasteiger partial charge on any atom is -0.369 e. The highest BCUT2D eigenvalue weighted by Crippen LogP contribution is 2.53. The fraction of sp³-hybridized carbons (Fsp3) is 0.722. The van der Waals surface area contributed by atoms with E-state index >= 15 is 0 Å². The van der Waals surface area contributed by atoms with Crippen LogP contribution in [0.1, 0.15) is 33.9 Å². The number of rotatable bonds is 7. The Bertz CT molecular complexity index is 975. The van der Waals surface area contributed by atoms with E-state index < -0.39 is 19.3 Å². The number of nitrogen functional groups attached to an aromatic ring is 1. The highest BCUT2D eigenvalue weighted by molar-refractivity contribution is 7.57. The number of nitrogens with zero attached hydrogens (tertiary/aromatic N) is 5. The number of ether oxygens (including phenoxy) is 1. The van der Waals surface area contributed by atoms with Gasteiger partial charge in [0.05, 0.1) is 19.0 Å². The summed E-state index contributed by atoms with van der Waals surface area (Å²) >= 11 is 0. The molecule has 30 heavy (non-hydrogen) atoms. The minimum absolute atomic E-state index is 0.0227. The molecule has 3 heterocycles. The van der Waals surface area contributed by atoms with Gasteiger partial charge in [0.2, 0.25) is 5.95 Å². The standard InChI is InChI=1S/C18H32N7O4P/c1-11(2)24-7-13(9-28-30(27,12(3)4)23(5)6)29-14(8-24)25-10-20-15-16(25)21-18(19)22-17(15)26/h10-14H,7-9H2,1-6H3,(H3,19,21,22,26)/t13-,14+,30?/m0/s1. The van der Waals surface area contributed by atoms with Gasteiger partial charge in [0.15, 0.2) is 11.2 Å². The van der Waals surface area contributed by atoms with Crippen LogP contribution in [0, 0.1) is 0 Å². The Morgan fingerprint density at radius 2 is 2.07 bits per heavy atom. The summed E-state index contributed by atoms with van der Waals surface area (Å²) in [6.07, 6.45) is 0.790. The molecule has 0 spiro atoms. The lowest BCUT2D eigenvalue weighted by molar-refractivity contribution is -0.136. The molecule has 0 bridgehead atoms. The summed E-state index contributed by atoms with van der Waals surface area (Å²) in [6, 6.07) is 0.265. The third-order valence-electron chi connectivity index (χ3n) is 5.33. The number of imidazole rings is 1. The van der Waals surface area contributed by atoms with Crippen molar-refractivity contribution in [2.45, 2.75) is 51.7 Å². The van der Waals surface area contributed by atoms with E-state index in [0.717, 1.165) is 0 Å². The van der Waals surface area contributed by atoms with Crippen LogP contribution in [0.5, 0.6) is 0 Å². The lowest BCUT2D eigenvalue weighted by Crippen LogP contribution is -2.50. The second-order valence-corrected chi connectivity index (χ2v) is 11.6. The van der Waals surface area contributed by atoms with Crippen molar-refractivity contribution in [2.75, 3.05) is 39.5 Å². The predicted octanol–water partition coefficient (Wildman–Crippen LogP) is 1.49. The van der Waals surface area contributed by atoms with Crippen LogP contribution >= 0.6 is 7.52 Å². The molecule has 3 atom stereocenters.